The molecule has 2 unspecified atom stereocenters. The smallest absolute Gasteiger partial charge is 0.347 e. The second kappa shape index (κ2) is 6.05. The van der Waals surface area contributed by atoms with Gasteiger partial charge in [0.2, 0.25) is 0 Å². The minimum atomic E-state index is -0.805. The largest absolute Gasteiger partial charge is 0.477 e. The molecule has 0 radical (unpaired) electrons. The first-order chi connectivity index (χ1) is 10.0. The van der Waals surface area contributed by atoms with Gasteiger partial charge in [0.1, 0.15) is 4.88 Å². The number of aromatic nitrogens is 1. The van der Waals surface area contributed by atoms with Crippen LogP contribution in [0.3, 0.4) is 0 Å². The number of aromatic carboxylic acids is 1. The number of nitrogens with zero attached hydrogens (tertiary/aromatic N) is 2. The van der Waals surface area contributed by atoms with Gasteiger partial charge in [0.05, 0.1) is 10.7 Å². The van der Waals surface area contributed by atoms with E-state index in [0.29, 0.717) is 10.8 Å². The molecule has 1 aliphatic heterocycles. The fourth-order valence-electron chi connectivity index (χ4n) is 3.50. The maximum absolute atomic E-state index is 11.3. The lowest BCUT2D eigenvalue weighted by Crippen LogP contribution is -2.39. The van der Waals surface area contributed by atoms with Gasteiger partial charge in [0.25, 0.3) is 0 Å². The van der Waals surface area contributed by atoms with Crippen LogP contribution in [-0.2, 0) is 6.42 Å². The van der Waals surface area contributed by atoms with Crippen molar-refractivity contribution in [2.45, 2.75) is 45.4 Å². The monoisotopic (exact) mass is 308 g/mol. The molecule has 1 aromatic heterocycles. The van der Waals surface area contributed by atoms with Crippen LogP contribution in [0.2, 0.25) is 0 Å². The number of likely N-dealkylation sites (tertiary alicyclic amines) is 1. The van der Waals surface area contributed by atoms with Gasteiger partial charge < -0.3 is 10.0 Å². The SMILES string of the molecule is CC1CC(C)CN(CCc2nc(C3CC3)c(C(=O)O)s2)C1. The summed E-state index contributed by atoms with van der Waals surface area (Å²) in [5, 5.41) is 10.3. The molecule has 2 heterocycles. The number of rotatable bonds is 5. The van der Waals surface area contributed by atoms with E-state index in [1.807, 2.05) is 0 Å². The first kappa shape index (κ1) is 15.0. The second-order valence-corrected chi connectivity index (χ2v) is 7.94. The Labute approximate surface area is 130 Å². The van der Waals surface area contributed by atoms with Crippen LogP contribution in [0.25, 0.3) is 0 Å². The normalized spacial score (nSPS) is 27.0. The van der Waals surface area contributed by atoms with Crippen molar-refractivity contribution in [1.82, 2.24) is 9.88 Å². The van der Waals surface area contributed by atoms with E-state index in [0.717, 1.165) is 61.4 Å². The summed E-state index contributed by atoms with van der Waals surface area (Å²) < 4.78 is 0. The molecule has 3 rings (SSSR count). The maximum atomic E-state index is 11.3. The first-order valence-corrected chi connectivity index (χ1v) is 8.79. The molecule has 2 aliphatic rings. The van der Waals surface area contributed by atoms with Gasteiger partial charge in [-0.2, -0.15) is 0 Å². The molecule has 21 heavy (non-hydrogen) atoms. The Morgan fingerprint density at radius 3 is 2.57 bits per heavy atom. The highest BCUT2D eigenvalue weighted by Gasteiger charge is 2.32. The third kappa shape index (κ3) is 3.64. The lowest BCUT2D eigenvalue weighted by atomic mass is 9.92. The molecule has 5 heteroatoms. The summed E-state index contributed by atoms with van der Waals surface area (Å²) in [6, 6.07) is 0. The molecule has 0 bridgehead atoms. The standard InChI is InChI=1S/C16H24N2O2S/c1-10-7-11(2)9-18(8-10)6-5-13-17-14(12-3-4-12)15(21-13)16(19)20/h10-12H,3-9H2,1-2H3,(H,19,20). The minimum Gasteiger partial charge on any atom is -0.477 e. The Balaban J connectivity index is 1.62. The molecule has 2 atom stereocenters. The Hall–Kier alpha value is -0.940. The summed E-state index contributed by atoms with van der Waals surface area (Å²) in [5.41, 5.74) is 0.850. The van der Waals surface area contributed by atoms with Crippen molar-refractivity contribution < 1.29 is 9.90 Å². The van der Waals surface area contributed by atoms with E-state index in [1.54, 1.807) is 0 Å². The highest BCUT2D eigenvalue weighted by atomic mass is 32.1. The average molecular weight is 308 g/mol. The van der Waals surface area contributed by atoms with Crippen LogP contribution >= 0.6 is 11.3 Å². The van der Waals surface area contributed by atoms with E-state index in [2.05, 4.69) is 23.7 Å². The number of carbonyl (C=O) groups is 1. The van der Waals surface area contributed by atoms with E-state index >= 15 is 0 Å². The second-order valence-electron chi connectivity index (χ2n) is 6.86. The molecule has 2 fully saturated rings. The van der Waals surface area contributed by atoms with Crippen LogP contribution in [0.5, 0.6) is 0 Å². The van der Waals surface area contributed by atoms with Crippen LogP contribution in [0.4, 0.5) is 0 Å². The van der Waals surface area contributed by atoms with E-state index in [4.69, 9.17) is 0 Å². The highest BCUT2D eigenvalue weighted by molar-refractivity contribution is 7.13. The van der Waals surface area contributed by atoms with Gasteiger partial charge in [0.15, 0.2) is 0 Å². The van der Waals surface area contributed by atoms with Gasteiger partial charge in [-0.1, -0.05) is 13.8 Å². The van der Waals surface area contributed by atoms with Crippen LogP contribution in [0.15, 0.2) is 0 Å². The van der Waals surface area contributed by atoms with Gasteiger partial charge in [-0.15, -0.1) is 11.3 Å². The minimum absolute atomic E-state index is 0.413. The highest BCUT2D eigenvalue weighted by Crippen LogP contribution is 2.42. The molecule has 1 saturated carbocycles. The third-order valence-corrected chi connectivity index (χ3v) is 5.56. The molecular formula is C16H24N2O2S. The maximum Gasteiger partial charge on any atom is 0.347 e. The van der Waals surface area contributed by atoms with Gasteiger partial charge in [0, 0.05) is 32.0 Å². The molecule has 4 nitrogen and oxygen atoms in total. The number of hydrogen-bond donors (Lipinski definition) is 1. The molecule has 116 valence electrons. The number of thiazole rings is 1. The Morgan fingerprint density at radius 2 is 2.00 bits per heavy atom. The Bertz CT molecular complexity index is 514. The Morgan fingerprint density at radius 1 is 1.33 bits per heavy atom. The van der Waals surface area contributed by atoms with Crippen molar-refractivity contribution >= 4 is 17.3 Å². The zero-order chi connectivity index (χ0) is 15.0. The fourth-order valence-corrected chi connectivity index (χ4v) is 4.48. The van der Waals surface area contributed by atoms with Crippen LogP contribution in [0.1, 0.15) is 59.4 Å². The van der Waals surface area contributed by atoms with Crippen LogP contribution in [-0.4, -0.2) is 40.6 Å². The van der Waals surface area contributed by atoms with Crippen LogP contribution < -0.4 is 0 Å². The van der Waals surface area contributed by atoms with Crippen molar-refractivity contribution in [2.75, 3.05) is 19.6 Å². The van der Waals surface area contributed by atoms with Gasteiger partial charge in [-0.25, -0.2) is 9.78 Å². The summed E-state index contributed by atoms with van der Waals surface area (Å²) in [6.07, 6.45) is 4.41. The van der Waals surface area contributed by atoms with Gasteiger partial charge in [-0.05, 0) is 31.1 Å². The van der Waals surface area contributed by atoms with E-state index in [9.17, 15) is 9.90 Å². The van der Waals surface area contributed by atoms with Gasteiger partial charge in [-0.3, -0.25) is 0 Å². The summed E-state index contributed by atoms with van der Waals surface area (Å²) in [5.74, 6) is 1.14. The first-order valence-electron chi connectivity index (χ1n) is 7.98. The topological polar surface area (TPSA) is 53.4 Å². The van der Waals surface area contributed by atoms with Crippen molar-refractivity contribution in [3.63, 3.8) is 0 Å². The molecule has 1 aliphatic carbocycles. The van der Waals surface area contributed by atoms with E-state index < -0.39 is 5.97 Å². The predicted molar refractivity (Wildman–Crippen MR) is 84.1 cm³/mol. The summed E-state index contributed by atoms with van der Waals surface area (Å²) >= 11 is 1.39. The third-order valence-electron chi connectivity index (χ3n) is 4.44. The molecule has 1 N–H and O–H groups in total. The number of piperidine rings is 1. The quantitative estimate of drug-likeness (QED) is 0.907. The average Bonchev–Trinajstić information content (AvgIpc) is 3.15. The van der Waals surface area contributed by atoms with Crippen molar-refractivity contribution in [2.24, 2.45) is 11.8 Å². The number of carboxylic acids is 1. The molecule has 0 amide bonds. The molecule has 1 saturated heterocycles. The lowest BCUT2D eigenvalue weighted by molar-refractivity contribution is 0.0700. The summed E-state index contributed by atoms with van der Waals surface area (Å²) in [6.45, 7) is 7.97. The zero-order valence-electron chi connectivity index (χ0n) is 12.8. The van der Waals surface area contributed by atoms with E-state index in [-0.39, 0.29) is 0 Å². The van der Waals surface area contributed by atoms with Crippen molar-refractivity contribution in [3.8, 4) is 0 Å². The molecule has 1 aromatic rings. The zero-order valence-corrected chi connectivity index (χ0v) is 13.7. The Kier molecular flexibility index (Phi) is 4.31. The number of carboxylic acid groups (broad SMARTS) is 1. The summed E-state index contributed by atoms with van der Waals surface area (Å²) in [7, 11) is 0. The van der Waals surface area contributed by atoms with Crippen LogP contribution in [0, 0.1) is 11.8 Å². The lowest BCUT2D eigenvalue weighted by Gasteiger charge is -2.34. The molecular weight excluding hydrogens is 284 g/mol. The van der Waals surface area contributed by atoms with Crippen molar-refractivity contribution in [3.05, 3.63) is 15.6 Å². The van der Waals surface area contributed by atoms with E-state index in [1.165, 1.54) is 17.8 Å². The molecule has 0 spiro atoms. The van der Waals surface area contributed by atoms with Gasteiger partial charge >= 0.3 is 5.97 Å². The summed E-state index contributed by atoms with van der Waals surface area (Å²) in [4.78, 5) is 18.9. The number of hydrogen-bond acceptors (Lipinski definition) is 4. The molecule has 0 aromatic carbocycles. The predicted octanol–water partition coefficient (Wildman–Crippen LogP) is 3.24. The fraction of sp³-hybridized carbons (Fsp3) is 0.750. The van der Waals surface area contributed by atoms with Crippen molar-refractivity contribution in [1.29, 1.82) is 0 Å².